The van der Waals surface area contributed by atoms with Gasteiger partial charge in [-0.25, -0.2) is 0 Å². The number of rotatable bonds is 1. The summed E-state index contributed by atoms with van der Waals surface area (Å²) in [5.74, 6) is 0. The second-order valence-corrected chi connectivity index (χ2v) is 2.04. The molecule has 1 aromatic heterocycles. The Morgan fingerprint density at radius 1 is 1.27 bits per heavy atom. The van der Waals surface area contributed by atoms with Crippen molar-refractivity contribution in [3.8, 4) is 18.1 Å². The molecule has 1 N–H and O–H groups in total. The number of hydrogen-bond donors (Lipinski definition) is 1. The molecule has 9 heteroatoms. The average Bonchev–Trinajstić information content (AvgIpc) is 2.43. The molecule has 1 heterocycles. The fraction of sp³-hybridized carbons (Fsp3) is 0.167. The second-order valence-electron chi connectivity index (χ2n) is 2.04. The van der Waals surface area contributed by atoms with Gasteiger partial charge in [0.2, 0.25) is 0 Å². The molecule has 1 rings (SSSR count). The molecule has 0 aliphatic carbocycles. The first-order chi connectivity index (χ1) is 6.46. The third-order valence-corrected chi connectivity index (χ3v) is 1.11. The molecule has 0 saturated carbocycles. The molecule has 0 bridgehead atoms. The molecule has 1 aromatic rings. The van der Waals surface area contributed by atoms with Crippen LogP contribution in [0.3, 0.4) is 0 Å². The Morgan fingerprint density at radius 3 is 2.20 bits per heavy atom. The molecule has 0 aliphatic rings. The minimum atomic E-state index is -4.91. The molecule has 0 saturated heterocycles. The number of imidazole rings is 1. The van der Waals surface area contributed by atoms with Crippen molar-refractivity contribution < 1.29 is 17.9 Å². The summed E-state index contributed by atoms with van der Waals surface area (Å²) in [6.45, 7) is 0. The van der Waals surface area contributed by atoms with Crippen molar-refractivity contribution in [3.05, 3.63) is 11.4 Å². The summed E-state index contributed by atoms with van der Waals surface area (Å²) in [6.07, 6.45) is -4.91. The zero-order valence-electron chi connectivity index (χ0n) is 6.38. The molecule has 0 radical (unpaired) electrons. The van der Waals surface area contributed by atoms with E-state index in [1.54, 1.807) is 0 Å². The fourth-order valence-electron chi connectivity index (χ4n) is 0.671. The molecule has 0 atom stereocenters. The molecule has 0 aliphatic heterocycles. The van der Waals surface area contributed by atoms with E-state index in [1.165, 1.54) is 12.1 Å². The zero-order chi connectivity index (χ0) is 10.8. The molecule has 5 nitrogen and oxygen atoms in total. The van der Waals surface area contributed by atoms with Crippen molar-refractivity contribution in [1.82, 2.24) is 9.97 Å². The molecule has 0 amide bonds. The first kappa shape index (κ1) is 13.4. The Kier molecular flexibility index (Phi) is 4.23. The summed E-state index contributed by atoms with van der Waals surface area (Å²) in [4.78, 5) is 5.01. The van der Waals surface area contributed by atoms with Gasteiger partial charge in [-0.2, -0.15) is 15.5 Å². The normalized spacial score (nSPS) is 9.67. The van der Waals surface area contributed by atoms with Crippen LogP contribution in [0.15, 0.2) is 0 Å². The van der Waals surface area contributed by atoms with Gasteiger partial charge in [-0.3, -0.25) is 4.98 Å². The van der Waals surface area contributed by atoms with Crippen molar-refractivity contribution >= 4 is 18.9 Å². The summed E-state index contributed by atoms with van der Waals surface area (Å²) in [7, 11) is 0. The molecule has 0 spiro atoms. The number of H-pyrrole nitrogens is 1. The van der Waals surface area contributed by atoms with Crippen molar-refractivity contribution in [2.75, 3.05) is 0 Å². The third kappa shape index (κ3) is 3.55. The van der Waals surface area contributed by atoms with Gasteiger partial charge in [0.05, 0.1) is 0 Å². The predicted molar refractivity (Wildman–Crippen MR) is 41.8 cm³/mol. The summed E-state index contributed by atoms with van der Waals surface area (Å²) in [6, 6.07) is 1.98. The van der Waals surface area contributed by atoms with E-state index in [2.05, 4.69) is 9.72 Å². The predicted octanol–water partition coefficient (Wildman–Crippen LogP) is 0.403. The fourth-order valence-corrected chi connectivity index (χ4v) is 0.671. The van der Waals surface area contributed by atoms with Gasteiger partial charge in [0.1, 0.15) is 12.1 Å². The molecule has 0 fully saturated rings. The van der Waals surface area contributed by atoms with E-state index in [4.69, 9.17) is 10.5 Å². The number of ether oxygens (including phenoxy) is 1. The van der Waals surface area contributed by atoms with Crippen molar-refractivity contribution in [3.63, 3.8) is 0 Å². The van der Waals surface area contributed by atoms with E-state index in [-0.39, 0.29) is 24.6 Å². The molecule has 0 unspecified atom stereocenters. The van der Waals surface area contributed by atoms with Crippen LogP contribution in [-0.2, 0) is 0 Å². The maximum atomic E-state index is 11.6. The maximum absolute atomic E-state index is 11.6. The zero-order valence-corrected chi connectivity index (χ0v) is 6.38. The Labute approximate surface area is 93.6 Å². The first-order valence-corrected chi connectivity index (χ1v) is 3.12. The molecular formula is C6H2F3LiN4O. The van der Waals surface area contributed by atoms with Gasteiger partial charge >= 0.3 is 31.2 Å². The number of aromatic amines is 1. The summed E-state index contributed by atoms with van der Waals surface area (Å²) in [5.41, 5.74) is -0.807. The first-order valence-electron chi connectivity index (χ1n) is 3.12. The van der Waals surface area contributed by atoms with E-state index in [1.807, 2.05) is 4.98 Å². The monoisotopic (exact) mass is 210 g/mol. The standard InChI is InChI=1S/C6HF3N4O.Li.H/c7-6(8,9)14-5-12-3(1-10)4(2-11)13-5;;/h(H,12,13);;. The van der Waals surface area contributed by atoms with Crippen LogP contribution >= 0.6 is 0 Å². The number of nitriles is 2. The SMILES string of the molecule is N#Cc1nc(OC(F)(F)F)[nH]c1C#N.[LiH]. The number of hydrogen-bond acceptors (Lipinski definition) is 4. The van der Waals surface area contributed by atoms with Crippen LogP contribution in [0.5, 0.6) is 6.01 Å². The second kappa shape index (κ2) is 4.74. The molecule has 15 heavy (non-hydrogen) atoms. The van der Waals surface area contributed by atoms with Crippen LogP contribution in [0.4, 0.5) is 13.2 Å². The average molecular weight is 210 g/mol. The van der Waals surface area contributed by atoms with Gasteiger partial charge in [0.15, 0.2) is 11.4 Å². The van der Waals surface area contributed by atoms with E-state index in [0.717, 1.165) is 0 Å². The number of nitrogens with one attached hydrogen (secondary N) is 1. The van der Waals surface area contributed by atoms with Gasteiger partial charge in [-0.15, -0.1) is 13.2 Å². The Bertz CT molecular complexity index is 396. The van der Waals surface area contributed by atoms with Gasteiger partial charge in [-0.05, 0) is 0 Å². The minimum absolute atomic E-state index is 0. The van der Waals surface area contributed by atoms with Crippen LogP contribution in [-0.4, -0.2) is 35.2 Å². The number of halogens is 3. The molecular weight excluding hydrogens is 208 g/mol. The van der Waals surface area contributed by atoms with Crippen LogP contribution in [0.2, 0.25) is 0 Å². The van der Waals surface area contributed by atoms with E-state index >= 15 is 0 Å². The van der Waals surface area contributed by atoms with Crippen LogP contribution in [0.1, 0.15) is 11.4 Å². The van der Waals surface area contributed by atoms with Crippen LogP contribution in [0.25, 0.3) is 0 Å². The summed E-state index contributed by atoms with van der Waals surface area (Å²) >= 11 is 0. The van der Waals surface area contributed by atoms with E-state index < -0.39 is 18.1 Å². The van der Waals surface area contributed by atoms with E-state index in [0.29, 0.717) is 0 Å². The Balaban J connectivity index is 0.00000196. The van der Waals surface area contributed by atoms with Crippen LogP contribution < -0.4 is 4.74 Å². The third-order valence-electron chi connectivity index (χ3n) is 1.11. The number of alkyl halides is 3. The molecule has 0 aromatic carbocycles. The van der Waals surface area contributed by atoms with Gasteiger partial charge in [0, 0.05) is 0 Å². The van der Waals surface area contributed by atoms with E-state index in [9.17, 15) is 13.2 Å². The van der Waals surface area contributed by atoms with Crippen molar-refractivity contribution in [1.29, 1.82) is 10.5 Å². The van der Waals surface area contributed by atoms with Gasteiger partial charge in [-0.1, -0.05) is 0 Å². The Hall–Kier alpha value is -1.62. The van der Waals surface area contributed by atoms with Gasteiger partial charge in [0.25, 0.3) is 0 Å². The van der Waals surface area contributed by atoms with Crippen molar-refractivity contribution in [2.24, 2.45) is 0 Å². The topological polar surface area (TPSA) is 85.5 Å². The quantitative estimate of drug-likeness (QED) is 0.679. The Morgan fingerprint density at radius 2 is 1.87 bits per heavy atom. The number of aromatic nitrogens is 2. The van der Waals surface area contributed by atoms with Crippen molar-refractivity contribution in [2.45, 2.75) is 6.36 Å². The molecule has 74 valence electrons. The van der Waals surface area contributed by atoms with Gasteiger partial charge < -0.3 is 4.74 Å². The number of nitrogens with zero attached hydrogens (tertiary/aromatic N) is 3. The van der Waals surface area contributed by atoms with Crippen LogP contribution in [0, 0.1) is 22.7 Å². The summed E-state index contributed by atoms with van der Waals surface area (Å²) < 4.78 is 38.3. The summed E-state index contributed by atoms with van der Waals surface area (Å²) in [5, 5.41) is 16.7.